The van der Waals surface area contributed by atoms with Crippen LogP contribution in [0.3, 0.4) is 0 Å². The van der Waals surface area contributed by atoms with Crippen LogP contribution in [0.15, 0.2) is 86.7 Å². The highest BCUT2D eigenvalue weighted by atomic mass is 16.4. The Hall–Kier alpha value is -4.46. The average molecular weight is 454 g/mol. The van der Waals surface area contributed by atoms with Crippen molar-refractivity contribution in [2.75, 3.05) is 0 Å². The van der Waals surface area contributed by atoms with E-state index in [-0.39, 0.29) is 23.3 Å². The molecule has 3 heterocycles. The number of aromatic amines is 1. The third-order valence-corrected chi connectivity index (χ3v) is 5.53. The van der Waals surface area contributed by atoms with Gasteiger partial charge in [-0.05, 0) is 18.9 Å². The number of furan rings is 1. The molecule has 3 aromatic heterocycles. The predicted molar refractivity (Wildman–Crippen MR) is 126 cm³/mol. The average Bonchev–Trinajstić information content (AvgIpc) is 3.49. The molecule has 8 heteroatoms. The molecule has 5 rings (SSSR count). The second kappa shape index (κ2) is 9.19. The molecule has 2 aromatic carbocycles. The lowest BCUT2D eigenvalue weighted by molar-refractivity contribution is -0.121. The van der Waals surface area contributed by atoms with E-state index in [0.29, 0.717) is 34.9 Å². The molecule has 0 spiro atoms. The van der Waals surface area contributed by atoms with Gasteiger partial charge in [0.05, 0.1) is 18.0 Å². The molecular formula is C26H22N4O4. The van der Waals surface area contributed by atoms with Gasteiger partial charge in [-0.15, -0.1) is 0 Å². The van der Waals surface area contributed by atoms with Crippen molar-refractivity contribution >= 4 is 17.1 Å². The van der Waals surface area contributed by atoms with Gasteiger partial charge in [0.1, 0.15) is 23.7 Å². The molecule has 8 nitrogen and oxygen atoms in total. The minimum Gasteiger partial charge on any atom is -0.457 e. The van der Waals surface area contributed by atoms with Crippen molar-refractivity contribution in [1.29, 1.82) is 0 Å². The lowest BCUT2D eigenvalue weighted by Crippen LogP contribution is -2.32. The van der Waals surface area contributed by atoms with Gasteiger partial charge in [0, 0.05) is 11.6 Å². The van der Waals surface area contributed by atoms with Gasteiger partial charge in [0.15, 0.2) is 5.58 Å². The molecule has 1 atom stereocenters. The van der Waals surface area contributed by atoms with Crippen LogP contribution >= 0.6 is 0 Å². The van der Waals surface area contributed by atoms with Gasteiger partial charge in [-0.25, -0.2) is 4.98 Å². The summed E-state index contributed by atoms with van der Waals surface area (Å²) in [6.07, 6.45) is 1.91. The molecule has 34 heavy (non-hydrogen) atoms. The summed E-state index contributed by atoms with van der Waals surface area (Å²) in [7, 11) is 0. The number of carbonyl (C=O) groups is 1. The lowest BCUT2D eigenvalue weighted by Gasteiger charge is -2.16. The molecule has 0 saturated heterocycles. The van der Waals surface area contributed by atoms with Crippen LogP contribution in [0.25, 0.3) is 22.5 Å². The Labute approximate surface area is 194 Å². The number of rotatable bonds is 7. The molecule has 0 bridgehead atoms. The molecule has 0 aliphatic carbocycles. The van der Waals surface area contributed by atoms with Gasteiger partial charge in [-0.1, -0.05) is 60.7 Å². The number of nitrogens with zero attached hydrogens (tertiary/aromatic N) is 2. The van der Waals surface area contributed by atoms with E-state index >= 15 is 0 Å². The van der Waals surface area contributed by atoms with Crippen molar-refractivity contribution in [2.45, 2.75) is 25.8 Å². The quantitative estimate of drug-likeness (QED) is 0.382. The predicted octanol–water partition coefficient (Wildman–Crippen LogP) is 4.12. The second-order valence-corrected chi connectivity index (χ2v) is 8.01. The Balaban J connectivity index is 1.49. The number of benzene rings is 2. The number of hydrogen-bond acceptors (Lipinski definition) is 6. The summed E-state index contributed by atoms with van der Waals surface area (Å²) in [5.74, 6) is 1.18. The molecule has 0 saturated carbocycles. The topological polar surface area (TPSA) is 114 Å². The van der Waals surface area contributed by atoms with E-state index in [0.717, 1.165) is 11.1 Å². The Morgan fingerprint density at radius 1 is 1.03 bits per heavy atom. The molecule has 0 aliphatic rings. The summed E-state index contributed by atoms with van der Waals surface area (Å²) in [6.45, 7) is 1.69. The zero-order valence-corrected chi connectivity index (χ0v) is 18.4. The molecular weight excluding hydrogens is 432 g/mol. The lowest BCUT2D eigenvalue weighted by atomic mass is 10.0. The van der Waals surface area contributed by atoms with Crippen molar-refractivity contribution in [1.82, 2.24) is 20.5 Å². The third-order valence-electron chi connectivity index (χ3n) is 5.53. The zero-order valence-electron chi connectivity index (χ0n) is 18.4. The number of H-pyrrole nitrogens is 1. The number of nitrogens with one attached hydrogen (secondary N) is 2. The highest BCUT2D eigenvalue weighted by Gasteiger charge is 2.25. The van der Waals surface area contributed by atoms with Gasteiger partial charge in [0.2, 0.25) is 16.9 Å². The van der Waals surface area contributed by atoms with E-state index in [4.69, 9.17) is 8.83 Å². The van der Waals surface area contributed by atoms with Crippen LogP contribution < -0.4 is 10.7 Å². The number of carbonyl (C=O) groups excluding carboxylic acids is 1. The van der Waals surface area contributed by atoms with Crippen molar-refractivity contribution in [3.63, 3.8) is 0 Å². The van der Waals surface area contributed by atoms with E-state index in [9.17, 15) is 9.59 Å². The maximum Gasteiger partial charge on any atom is 0.228 e. The normalized spacial score (nSPS) is 12.0. The summed E-state index contributed by atoms with van der Waals surface area (Å²) >= 11 is 0. The van der Waals surface area contributed by atoms with E-state index < -0.39 is 6.04 Å². The molecule has 0 fully saturated rings. The highest BCUT2D eigenvalue weighted by molar-refractivity contribution is 5.90. The smallest absolute Gasteiger partial charge is 0.228 e. The fraction of sp³-hybridized carbons (Fsp3) is 0.154. The van der Waals surface area contributed by atoms with Crippen molar-refractivity contribution in [3.05, 3.63) is 106 Å². The van der Waals surface area contributed by atoms with Gasteiger partial charge < -0.3 is 14.2 Å². The molecule has 170 valence electrons. The Morgan fingerprint density at radius 2 is 1.76 bits per heavy atom. The number of fused-ring (bicyclic) bond motifs is 1. The van der Waals surface area contributed by atoms with Gasteiger partial charge in [-0.2, -0.15) is 5.10 Å². The summed E-state index contributed by atoms with van der Waals surface area (Å²) in [5.41, 5.74) is 2.43. The van der Waals surface area contributed by atoms with Crippen LogP contribution in [-0.4, -0.2) is 21.1 Å². The summed E-state index contributed by atoms with van der Waals surface area (Å²) in [6, 6.07) is 20.1. The Kier molecular flexibility index (Phi) is 5.78. The van der Waals surface area contributed by atoms with Crippen LogP contribution in [0.2, 0.25) is 0 Å². The number of amides is 1. The summed E-state index contributed by atoms with van der Waals surface area (Å²) < 4.78 is 11.8. The zero-order chi connectivity index (χ0) is 23.5. The van der Waals surface area contributed by atoms with E-state index in [1.165, 1.54) is 12.4 Å². The number of aromatic nitrogens is 3. The summed E-state index contributed by atoms with van der Waals surface area (Å²) in [4.78, 5) is 30.1. The fourth-order valence-electron chi connectivity index (χ4n) is 4.00. The minimum atomic E-state index is -0.413. The molecule has 0 aliphatic heterocycles. The number of aryl methyl sites for hydroxylation is 1. The third kappa shape index (κ3) is 4.38. The van der Waals surface area contributed by atoms with E-state index in [2.05, 4.69) is 20.5 Å². The van der Waals surface area contributed by atoms with E-state index in [1.54, 1.807) is 6.92 Å². The summed E-state index contributed by atoms with van der Waals surface area (Å²) in [5, 5.41) is 9.82. The fourth-order valence-corrected chi connectivity index (χ4v) is 4.00. The molecule has 2 N–H and O–H groups in total. The minimum absolute atomic E-state index is 0.0386. The van der Waals surface area contributed by atoms with Crippen LogP contribution in [-0.2, 0) is 17.6 Å². The first-order valence-electron chi connectivity index (χ1n) is 10.9. The number of hydrogen-bond donors (Lipinski definition) is 2. The van der Waals surface area contributed by atoms with Gasteiger partial charge in [0.25, 0.3) is 0 Å². The van der Waals surface area contributed by atoms with Crippen LogP contribution in [0.4, 0.5) is 0 Å². The van der Waals surface area contributed by atoms with Crippen molar-refractivity contribution in [2.24, 2.45) is 0 Å². The first-order valence-corrected chi connectivity index (χ1v) is 10.9. The van der Waals surface area contributed by atoms with Crippen LogP contribution in [0.1, 0.15) is 28.8 Å². The molecule has 1 amide bonds. The Morgan fingerprint density at radius 3 is 2.47 bits per heavy atom. The maximum absolute atomic E-state index is 13.3. The van der Waals surface area contributed by atoms with Crippen LogP contribution in [0.5, 0.6) is 0 Å². The first-order chi connectivity index (χ1) is 16.6. The monoisotopic (exact) mass is 454 g/mol. The molecule has 0 radical (unpaired) electrons. The highest BCUT2D eigenvalue weighted by Crippen LogP contribution is 2.33. The largest absolute Gasteiger partial charge is 0.457 e. The Bertz CT molecular complexity index is 1470. The standard InChI is InChI=1S/C26H22N4O4/c1-16-12-21(31)25-24(33-16)19(23(34-25)18-10-6-3-7-11-18)14-22(32)29-20(26-27-15-28-30-26)13-17-8-4-2-5-9-17/h2-12,15,20H,13-14H2,1H3,(H,29,32)(H,27,28,30). The van der Waals surface area contributed by atoms with Gasteiger partial charge >= 0.3 is 0 Å². The second-order valence-electron chi connectivity index (χ2n) is 8.01. The van der Waals surface area contributed by atoms with E-state index in [1.807, 2.05) is 60.7 Å². The maximum atomic E-state index is 13.3. The van der Waals surface area contributed by atoms with Gasteiger partial charge in [-0.3, -0.25) is 14.7 Å². The van der Waals surface area contributed by atoms with Crippen LogP contribution in [0, 0.1) is 6.92 Å². The van der Waals surface area contributed by atoms with Crippen molar-refractivity contribution < 1.29 is 13.6 Å². The molecule has 5 aromatic rings. The molecule has 1 unspecified atom stereocenters. The SMILES string of the molecule is Cc1cc(=O)c2oc(-c3ccccc3)c(CC(=O)NC(Cc3ccccc3)c3ncn[nH]3)c2o1. The first kappa shape index (κ1) is 21.4. The van der Waals surface area contributed by atoms with Crippen molar-refractivity contribution in [3.8, 4) is 11.3 Å².